The highest BCUT2D eigenvalue weighted by Gasteiger charge is 2.50. The van der Waals surface area contributed by atoms with E-state index in [1.807, 2.05) is 0 Å². The fourth-order valence-corrected chi connectivity index (χ4v) is 3.62. The van der Waals surface area contributed by atoms with Crippen LogP contribution in [-0.2, 0) is 15.7 Å². The minimum Gasteiger partial charge on any atom is -0.389 e. The number of carbonyl (C=O) groups excluding carboxylic acids is 2. The number of rotatable bonds is 6. The molecule has 2 amide bonds. The molecule has 2 aliphatic heterocycles. The minimum atomic E-state index is -4.38. The lowest BCUT2D eigenvalue weighted by Gasteiger charge is -2.14. The number of morpholine rings is 1. The number of alkyl halides is 3. The number of aliphatic hydroxyl groups excluding tert-OH is 1. The van der Waals surface area contributed by atoms with Crippen molar-refractivity contribution in [2.45, 2.75) is 18.5 Å². The molecule has 0 radical (unpaired) electrons. The van der Waals surface area contributed by atoms with Gasteiger partial charge in [0, 0.05) is 25.3 Å². The first-order valence-electron chi connectivity index (χ1n) is 9.20. The van der Waals surface area contributed by atoms with E-state index >= 15 is 0 Å². The van der Waals surface area contributed by atoms with E-state index in [1.165, 1.54) is 12.1 Å². The van der Waals surface area contributed by atoms with Gasteiger partial charge in [-0.1, -0.05) is 11.6 Å². The number of nitrogens with one attached hydrogen (secondary N) is 2. The average Bonchev–Trinajstić information content (AvgIpc) is 3.14. The molecule has 1 aromatic carbocycles. The number of nitrogens with zero attached hydrogens (tertiary/aromatic N) is 1. The number of amides is 2. The summed E-state index contributed by atoms with van der Waals surface area (Å²) >= 11 is 6.86. The first kappa shape index (κ1) is 23.3. The summed E-state index contributed by atoms with van der Waals surface area (Å²) < 4.78 is 42.7. The molecule has 0 saturated carbocycles. The Morgan fingerprint density at radius 1 is 1.26 bits per heavy atom. The highest BCUT2D eigenvalue weighted by Crippen LogP contribution is 2.29. The topological polar surface area (TPSA) is 90.7 Å². The zero-order valence-electron chi connectivity index (χ0n) is 16.0. The summed E-state index contributed by atoms with van der Waals surface area (Å²) in [5, 5.41) is 15.2. The van der Waals surface area contributed by atoms with Gasteiger partial charge >= 0.3 is 6.18 Å². The average molecular weight is 478 g/mol. The van der Waals surface area contributed by atoms with E-state index in [-0.39, 0.29) is 31.1 Å². The second-order valence-electron chi connectivity index (χ2n) is 6.68. The van der Waals surface area contributed by atoms with E-state index in [0.29, 0.717) is 14.9 Å². The fraction of sp³-hybridized carbons (Fsp3) is 0.368. The van der Waals surface area contributed by atoms with Crippen LogP contribution in [0, 0.1) is 0 Å². The molecule has 31 heavy (non-hydrogen) atoms. The molecule has 2 saturated heterocycles. The van der Waals surface area contributed by atoms with Crippen LogP contribution < -0.4 is 10.6 Å². The van der Waals surface area contributed by atoms with Gasteiger partial charge in [0.25, 0.3) is 11.8 Å². The van der Waals surface area contributed by atoms with Crippen LogP contribution in [0.3, 0.4) is 0 Å². The van der Waals surface area contributed by atoms with Gasteiger partial charge in [-0.05, 0) is 36.4 Å². The molecule has 168 valence electrons. The molecule has 2 aliphatic rings. The van der Waals surface area contributed by atoms with Crippen LogP contribution in [-0.4, -0.2) is 60.4 Å². The zero-order valence-corrected chi connectivity index (χ0v) is 17.6. The third-order valence-corrected chi connectivity index (χ3v) is 5.60. The van der Waals surface area contributed by atoms with E-state index in [9.17, 15) is 27.9 Å². The van der Waals surface area contributed by atoms with Gasteiger partial charge < -0.3 is 25.4 Å². The molecule has 4 rings (SSSR count). The van der Waals surface area contributed by atoms with Crippen molar-refractivity contribution >= 4 is 40.4 Å². The molecule has 1 aromatic heterocycles. The second-order valence-corrected chi connectivity index (χ2v) is 8.39. The summed E-state index contributed by atoms with van der Waals surface area (Å²) in [5.74, 6) is -0.188. The molecule has 0 spiro atoms. The van der Waals surface area contributed by atoms with Crippen molar-refractivity contribution in [1.82, 2.24) is 10.2 Å². The normalized spacial score (nSPS) is 18.0. The van der Waals surface area contributed by atoms with Crippen LogP contribution in [0.5, 0.6) is 0 Å². The fourth-order valence-electron chi connectivity index (χ4n) is 2.66. The Hall–Kier alpha value is -2.34. The molecular formula is C19H19ClF3N3O4S. The van der Waals surface area contributed by atoms with Crippen molar-refractivity contribution in [3.63, 3.8) is 0 Å². The van der Waals surface area contributed by atoms with Crippen molar-refractivity contribution in [3.05, 3.63) is 51.2 Å². The highest BCUT2D eigenvalue weighted by molar-refractivity contribution is 7.17. The van der Waals surface area contributed by atoms with Crippen LogP contribution in [0.2, 0.25) is 4.34 Å². The molecule has 0 aliphatic carbocycles. The molecule has 12 heteroatoms. The summed E-state index contributed by atoms with van der Waals surface area (Å²) in [7, 11) is 0. The summed E-state index contributed by atoms with van der Waals surface area (Å²) in [6, 6.07) is 7.65. The molecule has 2 fully saturated rings. The lowest BCUT2D eigenvalue weighted by molar-refractivity contribution is -0.137. The van der Waals surface area contributed by atoms with E-state index in [1.54, 1.807) is 17.0 Å². The Kier molecular flexibility index (Phi) is 7.42. The molecule has 3 N–H and O–H groups in total. The van der Waals surface area contributed by atoms with Crippen LogP contribution in [0.4, 0.5) is 18.9 Å². The summed E-state index contributed by atoms with van der Waals surface area (Å²) in [5.41, 5.74) is -0.297. The zero-order chi connectivity index (χ0) is 22.6. The Morgan fingerprint density at radius 3 is 2.45 bits per heavy atom. The maximum Gasteiger partial charge on any atom is 0.416 e. The van der Waals surface area contributed by atoms with Crippen molar-refractivity contribution in [1.29, 1.82) is 0 Å². The Bertz CT molecular complexity index is 911. The van der Waals surface area contributed by atoms with E-state index in [0.717, 1.165) is 36.6 Å². The van der Waals surface area contributed by atoms with Crippen LogP contribution in [0.25, 0.3) is 0 Å². The van der Waals surface area contributed by atoms with Crippen molar-refractivity contribution < 1.29 is 32.6 Å². The molecule has 2 unspecified atom stereocenters. The maximum absolute atomic E-state index is 12.4. The smallest absolute Gasteiger partial charge is 0.389 e. The van der Waals surface area contributed by atoms with E-state index in [4.69, 9.17) is 16.3 Å². The highest BCUT2D eigenvalue weighted by atomic mass is 35.5. The molecule has 3 heterocycles. The van der Waals surface area contributed by atoms with Gasteiger partial charge in [-0.3, -0.25) is 9.59 Å². The maximum atomic E-state index is 12.4. The molecule has 0 bridgehead atoms. The molecule has 7 nitrogen and oxygen atoms in total. The van der Waals surface area contributed by atoms with Crippen molar-refractivity contribution in [2.24, 2.45) is 0 Å². The second kappa shape index (κ2) is 9.86. The Balaban J connectivity index is 0.000000322. The Morgan fingerprint density at radius 2 is 1.97 bits per heavy atom. The quantitative estimate of drug-likeness (QED) is 0.557. The summed E-state index contributed by atoms with van der Waals surface area (Å²) in [4.78, 5) is 24.2. The van der Waals surface area contributed by atoms with Gasteiger partial charge in [0.15, 0.2) is 0 Å². The first-order chi connectivity index (χ1) is 14.6. The number of fused-ring (bicyclic) bond motifs is 1. The largest absolute Gasteiger partial charge is 0.416 e. The number of halogens is 4. The van der Waals surface area contributed by atoms with Crippen LogP contribution >= 0.6 is 22.9 Å². The SMILES string of the molecule is O=C(NCC(O)CNc1ccc(C(F)(F)F)cc1)c1ccc(Cl)s1.O=C1C2OCCN12. The molecule has 2 atom stereocenters. The first-order valence-corrected chi connectivity index (χ1v) is 10.4. The number of ether oxygens (including phenoxy) is 1. The predicted molar refractivity (Wildman–Crippen MR) is 109 cm³/mol. The van der Waals surface area contributed by atoms with E-state index in [2.05, 4.69) is 10.6 Å². The third-order valence-electron chi connectivity index (χ3n) is 4.37. The number of anilines is 1. The lowest BCUT2D eigenvalue weighted by atomic mass is 10.2. The van der Waals surface area contributed by atoms with Gasteiger partial charge in [-0.2, -0.15) is 13.2 Å². The van der Waals surface area contributed by atoms with Gasteiger partial charge in [0.1, 0.15) is 0 Å². The van der Waals surface area contributed by atoms with Crippen LogP contribution in [0.15, 0.2) is 36.4 Å². The lowest BCUT2D eigenvalue weighted by Crippen LogP contribution is -2.35. The number of benzene rings is 1. The van der Waals surface area contributed by atoms with Crippen molar-refractivity contribution in [2.75, 3.05) is 31.6 Å². The number of hydrogen-bond donors (Lipinski definition) is 3. The standard InChI is InChI=1S/C15H14ClF3N2O2S.C4H5NO2/c16-13-6-5-12(24-13)14(23)21-8-11(22)7-20-10-3-1-9(2-4-10)15(17,18)19;6-3-4-5(3)1-2-7-4/h1-6,11,20,22H,7-8H2,(H,21,23);4H,1-2H2. The van der Waals surface area contributed by atoms with Crippen molar-refractivity contribution in [3.8, 4) is 0 Å². The van der Waals surface area contributed by atoms with Gasteiger partial charge in [0.2, 0.25) is 6.23 Å². The number of carbonyl (C=O) groups is 2. The van der Waals surface area contributed by atoms with Crippen LogP contribution in [0.1, 0.15) is 15.2 Å². The van der Waals surface area contributed by atoms with Gasteiger partial charge in [-0.25, -0.2) is 0 Å². The van der Waals surface area contributed by atoms with Gasteiger partial charge in [0.05, 0.1) is 27.5 Å². The monoisotopic (exact) mass is 477 g/mol. The number of aliphatic hydroxyl groups is 1. The van der Waals surface area contributed by atoms with Gasteiger partial charge in [-0.15, -0.1) is 11.3 Å². The molecular weight excluding hydrogens is 459 g/mol. The number of hydrogen-bond acceptors (Lipinski definition) is 6. The third kappa shape index (κ3) is 6.57. The summed E-state index contributed by atoms with van der Waals surface area (Å²) in [6.07, 6.45) is -5.40. The molecule has 2 aromatic rings. The predicted octanol–water partition coefficient (Wildman–Crippen LogP) is 2.81. The number of thiophene rings is 1. The minimum absolute atomic E-state index is 0.00197. The summed E-state index contributed by atoms with van der Waals surface area (Å²) in [6.45, 7) is 1.62. The van der Waals surface area contributed by atoms with E-state index < -0.39 is 17.8 Å². The Labute approximate surface area is 184 Å².